The molecule has 0 amide bonds. The second-order valence-corrected chi connectivity index (χ2v) is 7.76. The van der Waals surface area contributed by atoms with Crippen LogP contribution in [0.4, 0.5) is 0 Å². The van der Waals surface area contributed by atoms with Gasteiger partial charge in [-0.3, -0.25) is 0 Å². The molecule has 2 aromatic carbocycles. The normalized spacial score (nSPS) is 24.8. The van der Waals surface area contributed by atoms with Crippen LogP contribution in [0.25, 0.3) is 0 Å². The van der Waals surface area contributed by atoms with Crippen LogP contribution in [0, 0.1) is 12.8 Å². The molecule has 0 radical (unpaired) electrons. The highest BCUT2D eigenvalue weighted by atomic mass is 32.2. The van der Waals surface area contributed by atoms with Crippen molar-refractivity contribution < 1.29 is 8.42 Å². The van der Waals surface area contributed by atoms with E-state index in [9.17, 15) is 8.42 Å². The Hall–Kier alpha value is -1.65. The first-order valence-corrected chi connectivity index (χ1v) is 8.66. The maximum atomic E-state index is 12.8. The van der Waals surface area contributed by atoms with Crippen LogP contribution in [0.3, 0.4) is 0 Å². The molecule has 0 spiro atoms. The number of hydrogen-bond donors (Lipinski definition) is 1. The first-order chi connectivity index (χ1) is 10.1. The Morgan fingerprint density at radius 2 is 1.62 bits per heavy atom. The lowest BCUT2D eigenvalue weighted by atomic mass is 10.1. The van der Waals surface area contributed by atoms with E-state index in [-0.39, 0.29) is 11.8 Å². The first kappa shape index (κ1) is 14.3. The van der Waals surface area contributed by atoms with Crippen molar-refractivity contribution in [3.63, 3.8) is 0 Å². The van der Waals surface area contributed by atoms with Crippen LogP contribution in [-0.4, -0.2) is 20.2 Å². The molecule has 0 bridgehead atoms. The maximum absolute atomic E-state index is 12.8. The third kappa shape index (κ3) is 2.49. The average molecular weight is 301 g/mol. The van der Waals surface area contributed by atoms with Gasteiger partial charge in [0.05, 0.1) is 10.1 Å². The van der Waals surface area contributed by atoms with E-state index in [1.807, 2.05) is 49.4 Å². The molecule has 0 aliphatic heterocycles. The molecule has 1 fully saturated rings. The van der Waals surface area contributed by atoms with Gasteiger partial charge in [0.25, 0.3) is 0 Å². The average Bonchev–Trinajstić information content (AvgIpc) is 3.24. The summed E-state index contributed by atoms with van der Waals surface area (Å²) >= 11 is 0. The molecular formula is C17H19NO2S. The predicted molar refractivity (Wildman–Crippen MR) is 83.9 cm³/mol. The minimum Gasteiger partial charge on any atom is -0.330 e. The van der Waals surface area contributed by atoms with E-state index in [0.717, 1.165) is 11.1 Å². The second kappa shape index (κ2) is 5.28. The van der Waals surface area contributed by atoms with E-state index in [1.54, 1.807) is 12.1 Å². The summed E-state index contributed by atoms with van der Waals surface area (Å²) in [4.78, 5) is 0.398. The van der Waals surface area contributed by atoms with Crippen LogP contribution in [0.2, 0.25) is 0 Å². The monoisotopic (exact) mass is 301 g/mol. The molecule has 21 heavy (non-hydrogen) atoms. The van der Waals surface area contributed by atoms with Gasteiger partial charge in [0.15, 0.2) is 9.84 Å². The highest BCUT2D eigenvalue weighted by Crippen LogP contribution is 2.53. The van der Waals surface area contributed by atoms with Gasteiger partial charge in [0, 0.05) is 5.92 Å². The van der Waals surface area contributed by atoms with Gasteiger partial charge < -0.3 is 5.73 Å². The molecule has 0 aromatic heterocycles. The van der Waals surface area contributed by atoms with Gasteiger partial charge in [0.1, 0.15) is 0 Å². The van der Waals surface area contributed by atoms with Crippen molar-refractivity contribution in [2.75, 3.05) is 6.54 Å². The zero-order chi connectivity index (χ0) is 15.0. The Morgan fingerprint density at radius 1 is 1.00 bits per heavy atom. The summed E-state index contributed by atoms with van der Waals surface area (Å²) in [7, 11) is -3.32. The molecule has 3 nitrogen and oxygen atoms in total. The van der Waals surface area contributed by atoms with Gasteiger partial charge >= 0.3 is 0 Å². The molecule has 110 valence electrons. The Labute approximate surface area is 125 Å². The van der Waals surface area contributed by atoms with E-state index < -0.39 is 15.1 Å². The molecule has 1 aliphatic rings. The second-order valence-electron chi connectivity index (χ2n) is 5.66. The highest BCUT2D eigenvalue weighted by molar-refractivity contribution is 7.92. The van der Waals surface area contributed by atoms with Gasteiger partial charge in [-0.1, -0.05) is 48.0 Å². The molecule has 3 atom stereocenters. The summed E-state index contributed by atoms with van der Waals surface area (Å²) in [5.41, 5.74) is 7.91. The minimum atomic E-state index is -3.32. The van der Waals surface area contributed by atoms with Gasteiger partial charge in [-0.25, -0.2) is 8.42 Å². The smallest absolute Gasteiger partial charge is 0.182 e. The fraction of sp³-hybridized carbons (Fsp3) is 0.294. The SMILES string of the molecule is Cc1ccc(S(=O)(=O)[C@H]2[C@@H](CN)[C@@H]2c2ccccc2)cc1. The summed E-state index contributed by atoms with van der Waals surface area (Å²) in [6.07, 6.45) is 0. The van der Waals surface area contributed by atoms with Crippen LogP contribution >= 0.6 is 0 Å². The summed E-state index contributed by atoms with van der Waals surface area (Å²) in [6.45, 7) is 2.35. The van der Waals surface area contributed by atoms with Crippen molar-refractivity contribution in [1.82, 2.24) is 0 Å². The molecule has 3 rings (SSSR count). The molecule has 4 heteroatoms. The number of rotatable bonds is 4. The van der Waals surface area contributed by atoms with Crippen molar-refractivity contribution in [1.29, 1.82) is 0 Å². The van der Waals surface area contributed by atoms with Crippen LogP contribution in [-0.2, 0) is 9.84 Å². The Kier molecular flexibility index (Phi) is 3.59. The van der Waals surface area contributed by atoms with Crippen molar-refractivity contribution in [2.24, 2.45) is 11.7 Å². The third-order valence-electron chi connectivity index (χ3n) is 4.26. The fourth-order valence-corrected chi connectivity index (χ4v) is 5.27. The molecule has 0 unspecified atom stereocenters. The number of sulfone groups is 1. The molecule has 2 aromatic rings. The number of aryl methyl sites for hydroxylation is 1. The largest absolute Gasteiger partial charge is 0.330 e. The zero-order valence-electron chi connectivity index (χ0n) is 11.9. The topological polar surface area (TPSA) is 60.2 Å². The number of hydrogen-bond acceptors (Lipinski definition) is 3. The fourth-order valence-electron chi connectivity index (χ4n) is 3.04. The Morgan fingerprint density at radius 3 is 2.19 bits per heavy atom. The van der Waals surface area contributed by atoms with E-state index in [4.69, 9.17) is 5.73 Å². The van der Waals surface area contributed by atoms with E-state index >= 15 is 0 Å². The van der Waals surface area contributed by atoms with E-state index in [1.165, 1.54) is 0 Å². The van der Waals surface area contributed by atoms with Gasteiger partial charge in [-0.2, -0.15) is 0 Å². The summed E-state index contributed by atoms with van der Waals surface area (Å²) < 4.78 is 25.6. The highest BCUT2D eigenvalue weighted by Gasteiger charge is 2.57. The first-order valence-electron chi connectivity index (χ1n) is 7.11. The summed E-state index contributed by atoms with van der Waals surface area (Å²) in [5, 5.41) is -0.396. The molecule has 0 heterocycles. The minimum absolute atomic E-state index is 0.0127. The van der Waals surface area contributed by atoms with Crippen LogP contribution < -0.4 is 5.73 Å². The molecule has 2 N–H and O–H groups in total. The van der Waals surface area contributed by atoms with Gasteiger partial charge in [-0.15, -0.1) is 0 Å². The van der Waals surface area contributed by atoms with Crippen molar-refractivity contribution in [3.05, 3.63) is 65.7 Å². The Balaban J connectivity index is 1.94. The predicted octanol–water partition coefficient (Wildman–Crippen LogP) is 2.51. The van der Waals surface area contributed by atoms with Crippen molar-refractivity contribution in [2.45, 2.75) is 23.0 Å². The maximum Gasteiger partial charge on any atom is 0.182 e. The lowest BCUT2D eigenvalue weighted by Gasteiger charge is -2.05. The quantitative estimate of drug-likeness (QED) is 0.944. The molecule has 0 saturated heterocycles. The molecular weight excluding hydrogens is 282 g/mol. The van der Waals surface area contributed by atoms with E-state index in [0.29, 0.717) is 11.4 Å². The van der Waals surface area contributed by atoms with Crippen LogP contribution in [0.1, 0.15) is 17.0 Å². The lowest BCUT2D eigenvalue weighted by Crippen LogP contribution is -2.13. The van der Waals surface area contributed by atoms with Crippen LogP contribution in [0.5, 0.6) is 0 Å². The van der Waals surface area contributed by atoms with E-state index in [2.05, 4.69) is 0 Å². The van der Waals surface area contributed by atoms with Crippen molar-refractivity contribution >= 4 is 9.84 Å². The van der Waals surface area contributed by atoms with Crippen LogP contribution in [0.15, 0.2) is 59.5 Å². The number of nitrogens with two attached hydrogens (primary N) is 1. The number of benzene rings is 2. The summed E-state index contributed by atoms with van der Waals surface area (Å²) in [5.74, 6) is 0.0289. The van der Waals surface area contributed by atoms with Gasteiger partial charge in [0.2, 0.25) is 0 Å². The molecule has 1 aliphatic carbocycles. The van der Waals surface area contributed by atoms with Crippen molar-refractivity contribution in [3.8, 4) is 0 Å². The summed E-state index contributed by atoms with van der Waals surface area (Å²) in [6, 6.07) is 16.8. The molecule has 1 saturated carbocycles. The lowest BCUT2D eigenvalue weighted by molar-refractivity contribution is 0.591. The third-order valence-corrected chi connectivity index (χ3v) is 6.55. The Bertz CT molecular complexity index is 723. The zero-order valence-corrected chi connectivity index (χ0v) is 12.8. The standard InChI is InChI=1S/C17H19NO2S/c1-12-7-9-14(10-8-12)21(19,20)17-15(11-18)16(17)13-5-3-2-4-6-13/h2-10,15-17H,11,18H2,1H3/t15-,16-,17-/m0/s1. The van der Waals surface area contributed by atoms with Gasteiger partial charge in [-0.05, 0) is 37.1 Å².